The SMILES string of the molecule is COc1ccc(CCN(C)C(=O)CCC(=O)c2ccccc2F)cc1. The minimum absolute atomic E-state index is 0.00659. The summed E-state index contributed by atoms with van der Waals surface area (Å²) in [6, 6.07) is 13.5. The molecule has 2 rings (SSSR count). The number of ketones is 1. The maximum absolute atomic E-state index is 13.6. The molecule has 0 aliphatic rings. The topological polar surface area (TPSA) is 46.6 Å². The Bertz CT molecular complexity index is 728. The molecule has 0 N–H and O–H groups in total. The number of amides is 1. The van der Waals surface area contributed by atoms with Gasteiger partial charge in [-0.1, -0.05) is 24.3 Å². The highest BCUT2D eigenvalue weighted by Gasteiger charge is 2.15. The van der Waals surface area contributed by atoms with Gasteiger partial charge in [-0.3, -0.25) is 9.59 Å². The number of benzene rings is 2. The van der Waals surface area contributed by atoms with Crippen LogP contribution in [0.15, 0.2) is 48.5 Å². The largest absolute Gasteiger partial charge is 0.497 e. The molecule has 2 aromatic rings. The molecule has 0 spiro atoms. The molecule has 0 heterocycles. The van der Waals surface area contributed by atoms with Crippen LogP contribution in [0.5, 0.6) is 5.75 Å². The third kappa shape index (κ3) is 5.41. The van der Waals surface area contributed by atoms with E-state index in [1.54, 1.807) is 25.1 Å². The first-order valence-corrected chi connectivity index (χ1v) is 8.16. The lowest BCUT2D eigenvalue weighted by Crippen LogP contribution is -2.29. The maximum atomic E-state index is 13.6. The smallest absolute Gasteiger partial charge is 0.222 e. The van der Waals surface area contributed by atoms with Gasteiger partial charge in [-0.25, -0.2) is 4.39 Å². The Morgan fingerprint density at radius 2 is 1.72 bits per heavy atom. The maximum Gasteiger partial charge on any atom is 0.222 e. The summed E-state index contributed by atoms with van der Waals surface area (Å²) in [7, 11) is 3.32. The summed E-state index contributed by atoms with van der Waals surface area (Å²) in [6.45, 7) is 0.555. The molecule has 1 amide bonds. The third-order valence-corrected chi connectivity index (χ3v) is 4.06. The Kier molecular flexibility index (Phi) is 6.69. The van der Waals surface area contributed by atoms with Crippen LogP contribution in [0.1, 0.15) is 28.8 Å². The van der Waals surface area contributed by atoms with Crippen molar-refractivity contribution in [1.82, 2.24) is 4.90 Å². The van der Waals surface area contributed by atoms with E-state index in [1.165, 1.54) is 18.2 Å². The van der Waals surface area contributed by atoms with E-state index in [2.05, 4.69) is 0 Å². The fourth-order valence-electron chi connectivity index (χ4n) is 2.45. The number of rotatable bonds is 8. The summed E-state index contributed by atoms with van der Waals surface area (Å²) in [5.74, 6) is -0.235. The van der Waals surface area contributed by atoms with Crippen molar-refractivity contribution < 1.29 is 18.7 Å². The number of carbonyl (C=O) groups is 2. The van der Waals surface area contributed by atoms with E-state index >= 15 is 0 Å². The summed E-state index contributed by atoms with van der Waals surface area (Å²) in [5.41, 5.74) is 1.14. The molecule has 2 aromatic carbocycles. The van der Waals surface area contributed by atoms with Crippen LogP contribution < -0.4 is 4.74 Å². The fourth-order valence-corrected chi connectivity index (χ4v) is 2.45. The van der Waals surface area contributed by atoms with Crippen LogP contribution in [-0.4, -0.2) is 37.3 Å². The number of hydrogen-bond donors (Lipinski definition) is 0. The number of ether oxygens (including phenoxy) is 1. The van der Waals surface area contributed by atoms with Crippen LogP contribution in [0.2, 0.25) is 0 Å². The predicted molar refractivity (Wildman–Crippen MR) is 94.3 cm³/mol. The molecule has 0 radical (unpaired) electrons. The van der Waals surface area contributed by atoms with Gasteiger partial charge in [-0.15, -0.1) is 0 Å². The molecule has 0 aliphatic heterocycles. The van der Waals surface area contributed by atoms with Gasteiger partial charge >= 0.3 is 0 Å². The average molecular weight is 343 g/mol. The van der Waals surface area contributed by atoms with Crippen LogP contribution in [-0.2, 0) is 11.2 Å². The molecule has 0 atom stereocenters. The zero-order valence-corrected chi connectivity index (χ0v) is 14.5. The number of methoxy groups -OCH3 is 1. The second kappa shape index (κ2) is 8.97. The summed E-state index contributed by atoms with van der Waals surface area (Å²) in [4.78, 5) is 25.8. The van der Waals surface area contributed by atoms with Crippen molar-refractivity contribution in [3.05, 3.63) is 65.5 Å². The highest BCUT2D eigenvalue weighted by molar-refractivity contribution is 5.98. The van der Waals surface area contributed by atoms with E-state index in [4.69, 9.17) is 4.74 Å². The molecule has 0 bridgehead atoms. The lowest BCUT2D eigenvalue weighted by Gasteiger charge is -2.17. The van der Waals surface area contributed by atoms with Crippen molar-refractivity contribution in [2.45, 2.75) is 19.3 Å². The number of carbonyl (C=O) groups excluding carboxylic acids is 2. The fraction of sp³-hybridized carbons (Fsp3) is 0.300. The van der Waals surface area contributed by atoms with Gasteiger partial charge in [0.15, 0.2) is 5.78 Å². The molecule has 5 heteroatoms. The first kappa shape index (κ1) is 18.6. The van der Waals surface area contributed by atoms with E-state index in [9.17, 15) is 14.0 Å². The Morgan fingerprint density at radius 1 is 1.04 bits per heavy atom. The van der Waals surface area contributed by atoms with Crippen LogP contribution in [0.3, 0.4) is 0 Å². The zero-order chi connectivity index (χ0) is 18.2. The van der Waals surface area contributed by atoms with E-state index < -0.39 is 5.82 Å². The van der Waals surface area contributed by atoms with Gasteiger partial charge in [0, 0.05) is 26.4 Å². The Morgan fingerprint density at radius 3 is 2.36 bits per heavy atom. The highest BCUT2D eigenvalue weighted by atomic mass is 19.1. The molecule has 132 valence electrons. The lowest BCUT2D eigenvalue weighted by atomic mass is 10.1. The van der Waals surface area contributed by atoms with Gasteiger partial charge < -0.3 is 9.64 Å². The standard InChI is InChI=1S/C20H22FNO3/c1-22(14-13-15-7-9-16(25-2)10-8-15)20(24)12-11-19(23)17-5-3-4-6-18(17)21/h3-10H,11-14H2,1-2H3. The molecule has 25 heavy (non-hydrogen) atoms. The van der Waals surface area contributed by atoms with Crippen molar-refractivity contribution in [3.63, 3.8) is 0 Å². The Balaban J connectivity index is 1.79. The van der Waals surface area contributed by atoms with E-state index in [1.807, 2.05) is 24.3 Å². The number of hydrogen-bond acceptors (Lipinski definition) is 3. The van der Waals surface area contributed by atoms with E-state index in [0.717, 1.165) is 11.3 Å². The van der Waals surface area contributed by atoms with Crippen LogP contribution >= 0.6 is 0 Å². The lowest BCUT2D eigenvalue weighted by molar-refractivity contribution is -0.129. The van der Waals surface area contributed by atoms with Crippen molar-refractivity contribution in [1.29, 1.82) is 0 Å². The average Bonchev–Trinajstić information content (AvgIpc) is 2.64. The molecule has 0 saturated carbocycles. The highest BCUT2D eigenvalue weighted by Crippen LogP contribution is 2.13. The number of Topliss-reactive ketones (excluding diaryl/α,β-unsaturated/α-hetero) is 1. The molecule has 0 saturated heterocycles. The zero-order valence-electron chi connectivity index (χ0n) is 14.5. The van der Waals surface area contributed by atoms with Gasteiger partial charge in [0.25, 0.3) is 0 Å². The van der Waals surface area contributed by atoms with Gasteiger partial charge in [0.1, 0.15) is 11.6 Å². The molecular weight excluding hydrogens is 321 g/mol. The van der Waals surface area contributed by atoms with Gasteiger partial charge in [0.05, 0.1) is 12.7 Å². The van der Waals surface area contributed by atoms with E-state index in [0.29, 0.717) is 13.0 Å². The molecule has 0 fully saturated rings. The normalized spacial score (nSPS) is 10.4. The molecule has 0 aromatic heterocycles. The van der Waals surface area contributed by atoms with Crippen molar-refractivity contribution in [2.24, 2.45) is 0 Å². The van der Waals surface area contributed by atoms with E-state index in [-0.39, 0.29) is 30.1 Å². The Hall–Kier alpha value is -2.69. The van der Waals surface area contributed by atoms with Gasteiger partial charge in [-0.05, 0) is 36.2 Å². The predicted octanol–water partition coefficient (Wildman–Crippen LogP) is 3.50. The van der Waals surface area contributed by atoms with Crippen molar-refractivity contribution in [2.75, 3.05) is 20.7 Å². The monoisotopic (exact) mass is 343 g/mol. The molecule has 4 nitrogen and oxygen atoms in total. The summed E-state index contributed by atoms with van der Waals surface area (Å²) >= 11 is 0. The second-order valence-electron chi connectivity index (χ2n) is 5.82. The summed E-state index contributed by atoms with van der Waals surface area (Å²) in [5, 5.41) is 0. The quantitative estimate of drug-likeness (QED) is 0.689. The van der Waals surface area contributed by atoms with Crippen molar-refractivity contribution in [3.8, 4) is 5.75 Å². The van der Waals surface area contributed by atoms with Crippen LogP contribution in [0, 0.1) is 5.82 Å². The molecular formula is C20H22FNO3. The minimum Gasteiger partial charge on any atom is -0.497 e. The number of nitrogens with zero attached hydrogens (tertiary/aromatic N) is 1. The van der Waals surface area contributed by atoms with Crippen LogP contribution in [0.4, 0.5) is 4.39 Å². The molecule has 0 unspecified atom stereocenters. The summed E-state index contributed by atoms with van der Waals surface area (Å²) < 4.78 is 18.7. The van der Waals surface area contributed by atoms with Crippen LogP contribution in [0.25, 0.3) is 0 Å². The van der Waals surface area contributed by atoms with Crippen molar-refractivity contribution >= 4 is 11.7 Å². The first-order valence-electron chi connectivity index (χ1n) is 8.16. The minimum atomic E-state index is -0.548. The second-order valence-corrected chi connectivity index (χ2v) is 5.82. The third-order valence-electron chi connectivity index (χ3n) is 4.06. The first-order chi connectivity index (χ1) is 12.0. The number of halogens is 1. The molecule has 0 aliphatic carbocycles. The Labute approximate surface area is 147 Å². The summed E-state index contributed by atoms with van der Waals surface area (Å²) in [6.07, 6.45) is 0.798. The van der Waals surface area contributed by atoms with Gasteiger partial charge in [0.2, 0.25) is 5.91 Å². The van der Waals surface area contributed by atoms with Gasteiger partial charge in [-0.2, -0.15) is 0 Å². The number of likely N-dealkylation sites (N-methyl/N-ethyl adjacent to an activating group) is 1.